The van der Waals surface area contributed by atoms with Crippen molar-refractivity contribution in [3.63, 3.8) is 0 Å². The summed E-state index contributed by atoms with van der Waals surface area (Å²) in [4.78, 5) is 4.08. The summed E-state index contributed by atoms with van der Waals surface area (Å²) < 4.78 is 7.23. The molecule has 7 heteroatoms. The number of nitrogens with zero attached hydrogens (tertiary/aromatic N) is 3. The SMILES string of the molecule is CC(C)(O)C(C)(C)OB(O)c1ccc2nc(C#N)cn2c1. The average Bonchev–Trinajstić information content (AvgIpc) is 2.78. The van der Waals surface area contributed by atoms with Crippen LogP contribution >= 0.6 is 0 Å². The van der Waals surface area contributed by atoms with Crippen LogP contribution in [0.2, 0.25) is 0 Å². The largest absolute Gasteiger partial charge is 0.493 e. The maximum absolute atomic E-state index is 10.2. The molecular formula is C14H18BN3O3. The van der Waals surface area contributed by atoms with E-state index >= 15 is 0 Å². The molecule has 2 aromatic rings. The minimum atomic E-state index is -1.19. The molecule has 0 atom stereocenters. The molecule has 110 valence electrons. The fourth-order valence-corrected chi connectivity index (χ4v) is 1.70. The molecule has 0 saturated carbocycles. The van der Waals surface area contributed by atoms with Crippen molar-refractivity contribution in [1.82, 2.24) is 9.38 Å². The van der Waals surface area contributed by atoms with Crippen LogP contribution in [0.5, 0.6) is 0 Å². The van der Waals surface area contributed by atoms with Gasteiger partial charge in [0.2, 0.25) is 0 Å². The van der Waals surface area contributed by atoms with Crippen LogP contribution in [0.1, 0.15) is 33.4 Å². The number of nitriles is 1. The van der Waals surface area contributed by atoms with Crippen LogP contribution in [0.15, 0.2) is 24.5 Å². The van der Waals surface area contributed by atoms with Crippen LogP contribution in [0.4, 0.5) is 0 Å². The van der Waals surface area contributed by atoms with E-state index in [4.69, 9.17) is 9.92 Å². The third-order valence-corrected chi connectivity index (χ3v) is 3.75. The van der Waals surface area contributed by atoms with Gasteiger partial charge in [-0.15, -0.1) is 0 Å². The highest BCUT2D eigenvalue weighted by Crippen LogP contribution is 2.25. The molecule has 0 radical (unpaired) electrons. The molecule has 2 N–H and O–H groups in total. The third kappa shape index (κ3) is 3.08. The summed E-state index contributed by atoms with van der Waals surface area (Å²) in [6, 6.07) is 5.33. The van der Waals surface area contributed by atoms with Gasteiger partial charge < -0.3 is 19.2 Å². The topological polar surface area (TPSA) is 90.8 Å². The van der Waals surface area contributed by atoms with Crippen LogP contribution in [-0.4, -0.2) is 37.8 Å². The first kappa shape index (κ1) is 15.5. The summed E-state index contributed by atoms with van der Waals surface area (Å²) >= 11 is 0. The second-order valence-electron chi connectivity index (χ2n) is 6.01. The summed E-state index contributed by atoms with van der Waals surface area (Å²) in [5, 5.41) is 29.1. The van der Waals surface area contributed by atoms with Gasteiger partial charge >= 0.3 is 7.12 Å². The Hall–Kier alpha value is -1.88. The summed E-state index contributed by atoms with van der Waals surface area (Å²) in [6.45, 7) is 6.66. The van der Waals surface area contributed by atoms with Crippen LogP contribution in [0.25, 0.3) is 5.65 Å². The fourth-order valence-electron chi connectivity index (χ4n) is 1.70. The van der Waals surface area contributed by atoms with Gasteiger partial charge in [-0.05, 0) is 39.2 Å². The molecule has 0 amide bonds. The van der Waals surface area contributed by atoms with E-state index < -0.39 is 18.3 Å². The summed E-state index contributed by atoms with van der Waals surface area (Å²) in [7, 11) is -1.19. The minimum absolute atomic E-state index is 0.305. The van der Waals surface area contributed by atoms with Crippen molar-refractivity contribution in [2.45, 2.75) is 38.9 Å². The molecule has 2 rings (SSSR count). The Morgan fingerprint density at radius 3 is 2.52 bits per heavy atom. The molecule has 21 heavy (non-hydrogen) atoms. The summed E-state index contributed by atoms with van der Waals surface area (Å²) in [5.41, 5.74) is -0.611. The highest BCUT2D eigenvalue weighted by molar-refractivity contribution is 6.60. The van der Waals surface area contributed by atoms with Crippen LogP contribution in [-0.2, 0) is 4.65 Å². The molecule has 0 saturated heterocycles. The Morgan fingerprint density at radius 1 is 1.29 bits per heavy atom. The standard InChI is InChI=1S/C14H18BN3O3/c1-13(2,19)14(3,4)21-15(20)10-5-6-12-17-11(7-16)9-18(12)8-10/h5-6,8-9,19-20H,1-4H3. The van der Waals surface area contributed by atoms with Gasteiger partial charge in [-0.3, -0.25) is 0 Å². The molecule has 0 bridgehead atoms. The first-order valence-corrected chi connectivity index (χ1v) is 6.61. The van der Waals surface area contributed by atoms with Crippen molar-refractivity contribution in [3.05, 3.63) is 30.2 Å². The number of imidazole rings is 1. The number of fused-ring (bicyclic) bond motifs is 1. The summed E-state index contributed by atoms with van der Waals surface area (Å²) in [5.74, 6) is 0. The zero-order chi connectivity index (χ0) is 15.8. The van der Waals surface area contributed by atoms with E-state index in [1.165, 1.54) is 0 Å². The first-order chi connectivity index (χ1) is 9.64. The molecule has 0 fully saturated rings. The number of rotatable bonds is 4. The highest BCUT2D eigenvalue weighted by Gasteiger charge is 2.39. The fraction of sp³-hybridized carbons (Fsp3) is 0.429. The first-order valence-electron chi connectivity index (χ1n) is 6.61. The van der Waals surface area contributed by atoms with Crippen molar-refractivity contribution >= 4 is 18.2 Å². The zero-order valence-electron chi connectivity index (χ0n) is 12.5. The maximum Gasteiger partial charge on any atom is 0.493 e. The van der Waals surface area contributed by atoms with Crippen molar-refractivity contribution in [2.75, 3.05) is 0 Å². The maximum atomic E-state index is 10.2. The van der Waals surface area contributed by atoms with Gasteiger partial charge in [-0.25, -0.2) is 4.98 Å². The molecule has 0 aliphatic heterocycles. The lowest BCUT2D eigenvalue weighted by atomic mass is 9.77. The quantitative estimate of drug-likeness (QED) is 0.797. The lowest BCUT2D eigenvalue weighted by Gasteiger charge is -2.38. The molecule has 0 aromatic carbocycles. The van der Waals surface area contributed by atoms with Crippen LogP contribution in [0, 0.1) is 11.3 Å². The van der Waals surface area contributed by atoms with Gasteiger partial charge in [0.1, 0.15) is 11.7 Å². The van der Waals surface area contributed by atoms with Crippen molar-refractivity contribution in [3.8, 4) is 6.07 Å². The second kappa shape index (κ2) is 5.15. The van der Waals surface area contributed by atoms with Gasteiger partial charge in [0.15, 0.2) is 5.69 Å². The van der Waals surface area contributed by atoms with E-state index in [2.05, 4.69) is 4.98 Å². The number of hydrogen-bond acceptors (Lipinski definition) is 5. The van der Waals surface area contributed by atoms with E-state index in [9.17, 15) is 10.1 Å². The number of hydrogen-bond donors (Lipinski definition) is 2. The number of aromatic nitrogens is 2. The molecule has 0 aliphatic rings. The highest BCUT2D eigenvalue weighted by atomic mass is 16.5. The third-order valence-electron chi connectivity index (χ3n) is 3.75. The average molecular weight is 287 g/mol. The second-order valence-corrected chi connectivity index (χ2v) is 6.01. The molecule has 0 spiro atoms. The normalized spacial score (nSPS) is 12.4. The van der Waals surface area contributed by atoms with Crippen molar-refractivity contribution in [2.24, 2.45) is 0 Å². The molecule has 0 aliphatic carbocycles. The van der Waals surface area contributed by atoms with E-state index in [0.717, 1.165) is 0 Å². The van der Waals surface area contributed by atoms with E-state index in [0.29, 0.717) is 16.8 Å². The van der Waals surface area contributed by atoms with E-state index in [1.54, 1.807) is 56.6 Å². The molecular weight excluding hydrogens is 269 g/mol. The Bertz CT molecular complexity index is 698. The number of pyridine rings is 1. The molecule has 2 aromatic heterocycles. The van der Waals surface area contributed by atoms with Gasteiger partial charge in [-0.1, -0.05) is 6.07 Å². The molecule has 0 unspecified atom stereocenters. The predicted molar refractivity (Wildman–Crippen MR) is 79.0 cm³/mol. The monoisotopic (exact) mass is 287 g/mol. The summed E-state index contributed by atoms with van der Waals surface area (Å²) in [6.07, 6.45) is 3.22. The van der Waals surface area contributed by atoms with E-state index in [-0.39, 0.29) is 0 Å². The van der Waals surface area contributed by atoms with Gasteiger partial charge in [0.05, 0.1) is 11.2 Å². The van der Waals surface area contributed by atoms with Crippen molar-refractivity contribution in [1.29, 1.82) is 5.26 Å². The van der Waals surface area contributed by atoms with E-state index in [1.807, 2.05) is 6.07 Å². The lowest BCUT2D eigenvalue weighted by Crippen LogP contribution is -2.53. The van der Waals surface area contributed by atoms with Crippen molar-refractivity contribution < 1.29 is 14.8 Å². The van der Waals surface area contributed by atoms with Crippen LogP contribution < -0.4 is 5.46 Å². The lowest BCUT2D eigenvalue weighted by molar-refractivity contribution is -0.0982. The zero-order valence-corrected chi connectivity index (χ0v) is 12.5. The smallest absolute Gasteiger partial charge is 0.423 e. The Morgan fingerprint density at radius 2 is 1.95 bits per heavy atom. The Labute approximate surface area is 123 Å². The van der Waals surface area contributed by atoms with Gasteiger partial charge in [0.25, 0.3) is 0 Å². The Balaban J connectivity index is 2.27. The predicted octanol–water partition coefficient (Wildman–Crippen LogP) is 0.460. The van der Waals surface area contributed by atoms with Crippen LogP contribution in [0.3, 0.4) is 0 Å². The van der Waals surface area contributed by atoms with Gasteiger partial charge in [-0.2, -0.15) is 5.26 Å². The van der Waals surface area contributed by atoms with Gasteiger partial charge in [0, 0.05) is 12.4 Å². The number of aliphatic hydroxyl groups is 1. The molecule has 6 nitrogen and oxygen atoms in total. The molecule has 2 heterocycles. The minimum Gasteiger partial charge on any atom is -0.423 e. The Kier molecular flexibility index (Phi) is 3.80.